The van der Waals surface area contributed by atoms with Crippen LogP contribution in [0.2, 0.25) is 0 Å². The summed E-state index contributed by atoms with van der Waals surface area (Å²) in [7, 11) is 3.03. The molecule has 3 N–H and O–H groups in total. The highest BCUT2D eigenvalue weighted by atomic mass is 32.2. The molecule has 9 nitrogen and oxygen atoms in total. The normalized spacial score (nSPS) is 11.1. The molecule has 1 atom stereocenters. The Bertz CT molecular complexity index is 1680. The zero-order valence-corrected chi connectivity index (χ0v) is 25.7. The summed E-state index contributed by atoms with van der Waals surface area (Å²) < 4.78 is 10.5. The number of carbonyl (C=O) groups excluding carboxylic acids is 3. The SMILES string of the molecule is CCC(Sc1cccc(NC(=O)c2ccc(OC)c(OC)c2)c1)C(=O)Nc1sc(C(=O)Nc2ccccc2)c(C)c1C#N. The second-order valence-electron chi connectivity index (χ2n) is 9.25. The van der Waals surface area contributed by atoms with Crippen molar-refractivity contribution in [2.45, 2.75) is 30.4 Å². The molecule has 1 aromatic heterocycles. The summed E-state index contributed by atoms with van der Waals surface area (Å²) in [4.78, 5) is 40.3. The van der Waals surface area contributed by atoms with Crippen molar-refractivity contribution in [2.75, 3.05) is 30.2 Å². The van der Waals surface area contributed by atoms with Gasteiger partial charge in [0.15, 0.2) is 11.5 Å². The van der Waals surface area contributed by atoms with Crippen LogP contribution in [0.4, 0.5) is 16.4 Å². The van der Waals surface area contributed by atoms with Crippen molar-refractivity contribution in [3.05, 3.63) is 94.4 Å². The number of ether oxygens (including phenoxy) is 2. The second kappa shape index (κ2) is 14.4. The van der Waals surface area contributed by atoms with Gasteiger partial charge in [-0.05, 0) is 67.4 Å². The number of rotatable bonds is 11. The fourth-order valence-corrected chi connectivity index (χ4v) is 6.24. The van der Waals surface area contributed by atoms with Gasteiger partial charge in [0, 0.05) is 21.8 Å². The van der Waals surface area contributed by atoms with E-state index in [1.807, 2.05) is 31.2 Å². The summed E-state index contributed by atoms with van der Waals surface area (Å²) in [6, 6.07) is 23.3. The maximum absolute atomic E-state index is 13.3. The Morgan fingerprint density at radius 2 is 1.58 bits per heavy atom. The maximum atomic E-state index is 13.3. The van der Waals surface area contributed by atoms with Crippen molar-refractivity contribution in [3.8, 4) is 17.6 Å². The summed E-state index contributed by atoms with van der Waals surface area (Å²) in [5.41, 5.74) is 2.37. The number of nitrogens with one attached hydrogen (secondary N) is 3. The molecule has 0 aliphatic rings. The number of benzene rings is 3. The lowest BCUT2D eigenvalue weighted by Crippen LogP contribution is -2.24. The summed E-state index contributed by atoms with van der Waals surface area (Å²) in [6.07, 6.45) is 0.506. The fourth-order valence-electron chi connectivity index (χ4n) is 4.17. The maximum Gasteiger partial charge on any atom is 0.266 e. The molecule has 0 bridgehead atoms. The van der Waals surface area contributed by atoms with Crippen LogP contribution in [0.15, 0.2) is 77.7 Å². The highest BCUT2D eigenvalue weighted by Gasteiger charge is 2.25. The van der Waals surface area contributed by atoms with Crippen LogP contribution in [0.25, 0.3) is 0 Å². The predicted octanol–water partition coefficient (Wildman–Crippen LogP) is 6.96. The smallest absolute Gasteiger partial charge is 0.266 e. The van der Waals surface area contributed by atoms with Gasteiger partial charge in [0.05, 0.1) is 29.9 Å². The van der Waals surface area contributed by atoms with Gasteiger partial charge in [0.2, 0.25) is 5.91 Å². The number of anilines is 3. The van der Waals surface area contributed by atoms with Crippen molar-refractivity contribution < 1.29 is 23.9 Å². The molecule has 0 saturated carbocycles. The first-order chi connectivity index (χ1) is 20.8. The first kappa shape index (κ1) is 31.2. The lowest BCUT2D eigenvalue weighted by molar-refractivity contribution is -0.115. The van der Waals surface area contributed by atoms with Crippen LogP contribution in [0.3, 0.4) is 0 Å². The molecule has 43 heavy (non-hydrogen) atoms. The predicted molar refractivity (Wildman–Crippen MR) is 171 cm³/mol. The summed E-state index contributed by atoms with van der Waals surface area (Å²) in [6.45, 7) is 3.59. The van der Waals surface area contributed by atoms with Gasteiger partial charge in [0.25, 0.3) is 11.8 Å². The molecular formula is C32H30N4O5S2. The van der Waals surface area contributed by atoms with Crippen molar-refractivity contribution in [2.24, 2.45) is 0 Å². The van der Waals surface area contributed by atoms with Gasteiger partial charge >= 0.3 is 0 Å². The molecule has 0 saturated heterocycles. The van der Waals surface area contributed by atoms with Crippen LogP contribution in [0, 0.1) is 18.3 Å². The standard InChI is InChI=1S/C32H30N4O5S2/c1-5-27(30(38)36-32-24(18-33)19(2)28(43-32)31(39)34-21-10-7-6-8-11-21)42-23-13-9-12-22(17-23)35-29(37)20-14-15-25(40-3)26(16-20)41-4/h6-17,27H,5H2,1-4H3,(H,34,39)(H,35,37)(H,36,38). The summed E-state index contributed by atoms with van der Waals surface area (Å²) in [5, 5.41) is 18.2. The van der Waals surface area contributed by atoms with Crippen LogP contribution < -0.4 is 25.4 Å². The molecule has 4 rings (SSSR count). The summed E-state index contributed by atoms with van der Waals surface area (Å²) >= 11 is 2.41. The number of carbonyl (C=O) groups is 3. The number of hydrogen-bond acceptors (Lipinski definition) is 8. The third-order valence-corrected chi connectivity index (χ3v) is 8.98. The van der Waals surface area contributed by atoms with Crippen LogP contribution in [-0.4, -0.2) is 37.2 Å². The molecule has 11 heteroatoms. The monoisotopic (exact) mass is 614 g/mol. The van der Waals surface area contributed by atoms with Gasteiger partial charge in [0.1, 0.15) is 11.1 Å². The first-order valence-corrected chi connectivity index (χ1v) is 15.0. The first-order valence-electron chi connectivity index (χ1n) is 13.3. The van der Waals surface area contributed by atoms with Crippen molar-refractivity contribution >= 4 is 57.2 Å². The minimum absolute atomic E-state index is 0.260. The second-order valence-corrected chi connectivity index (χ2v) is 11.5. The highest BCUT2D eigenvalue weighted by Crippen LogP contribution is 2.35. The number of thioether (sulfide) groups is 1. The van der Waals surface area contributed by atoms with Gasteiger partial charge in [-0.25, -0.2) is 0 Å². The van der Waals surface area contributed by atoms with Crippen LogP contribution >= 0.6 is 23.1 Å². The molecule has 3 aromatic carbocycles. The molecule has 0 aliphatic carbocycles. The topological polar surface area (TPSA) is 130 Å². The molecular weight excluding hydrogens is 585 g/mol. The Balaban J connectivity index is 1.45. The van der Waals surface area contributed by atoms with Crippen molar-refractivity contribution in [3.63, 3.8) is 0 Å². The molecule has 3 amide bonds. The minimum atomic E-state index is -0.493. The molecule has 0 fully saturated rings. The molecule has 0 aliphatic heterocycles. The van der Waals surface area contributed by atoms with Crippen LogP contribution in [0.1, 0.15) is 44.5 Å². The summed E-state index contributed by atoms with van der Waals surface area (Å²) in [5.74, 6) is 0.00415. The number of methoxy groups -OCH3 is 2. The number of nitriles is 1. The third kappa shape index (κ3) is 7.54. The van der Waals surface area contributed by atoms with E-state index in [1.54, 1.807) is 55.5 Å². The van der Waals surface area contributed by atoms with E-state index in [9.17, 15) is 19.6 Å². The fraction of sp³-hybridized carbons (Fsp3) is 0.188. The average Bonchev–Trinajstić information content (AvgIpc) is 3.34. The molecule has 4 aromatic rings. The molecule has 1 unspecified atom stereocenters. The molecule has 1 heterocycles. The van der Waals surface area contributed by atoms with E-state index < -0.39 is 5.25 Å². The Hall–Kier alpha value is -4.79. The third-order valence-electron chi connectivity index (χ3n) is 6.41. The number of thiophene rings is 1. The highest BCUT2D eigenvalue weighted by molar-refractivity contribution is 8.00. The van der Waals surface area contributed by atoms with Gasteiger partial charge < -0.3 is 25.4 Å². The number of nitrogens with zero attached hydrogens (tertiary/aromatic N) is 1. The number of para-hydroxylation sites is 1. The lowest BCUT2D eigenvalue weighted by atomic mass is 10.1. The largest absolute Gasteiger partial charge is 0.493 e. The lowest BCUT2D eigenvalue weighted by Gasteiger charge is -2.15. The van der Waals surface area contributed by atoms with Crippen LogP contribution in [0.5, 0.6) is 11.5 Å². The molecule has 0 spiro atoms. The number of hydrogen-bond donors (Lipinski definition) is 3. The quantitative estimate of drug-likeness (QED) is 0.156. The molecule has 0 radical (unpaired) electrons. The van der Waals surface area contributed by atoms with Crippen molar-refractivity contribution in [1.82, 2.24) is 0 Å². The minimum Gasteiger partial charge on any atom is -0.493 e. The van der Waals surface area contributed by atoms with Crippen LogP contribution in [-0.2, 0) is 4.79 Å². The van der Waals surface area contributed by atoms with E-state index in [0.29, 0.717) is 50.3 Å². The average molecular weight is 615 g/mol. The van der Waals surface area contributed by atoms with E-state index in [4.69, 9.17) is 9.47 Å². The van der Waals surface area contributed by atoms with Gasteiger partial charge in [-0.2, -0.15) is 5.26 Å². The van der Waals surface area contributed by atoms with Crippen molar-refractivity contribution in [1.29, 1.82) is 5.26 Å². The van der Waals surface area contributed by atoms with Gasteiger partial charge in [-0.15, -0.1) is 23.1 Å². The van der Waals surface area contributed by atoms with Gasteiger partial charge in [-0.1, -0.05) is 31.2 Å². The van der Waals surface area contributed by atoms with E-state index in [0.717, 1.165) is 16.2 Å². The molecule has 220 valence electrons. The van der Waals surface area contributed by atoms with Gasteiger partial charge in [-0.3, -0.25) is 14.4 Å². The Morgan fingerprint density at radius 3 is 2.26 bits per heavy atom. The Morgan fingerprint density at radius 1 is 0.884 bits per heavy atom. The Labute approximate surface area is 258 Å². The van der Waals surface area contributed by atoms with E-state index in [-0.39, 0.29) is 23.3 Å². The zero-order valence-electron chi connectivity index (χ0n) is 24.0. The van der Waals surface area contributed by atoms with E-state index >= 15 is 0 Å². The number of amides is 3. The van der Waals surface area contributed by atoms with E-state index in [2.05, 4.69) is 22.0 Å². The zero-order chi connectivity index (χ0) is 30.9. The van der Waals surface area contributed by atoms with E-state index in [1.165, 1.54) is 26.0 Å². The Kier molecular flexibility index (Phi) is 10.4.